The van der Waals surface area contributed by atoms with Crippen molar-refractivity contribution in [1.82, 2.24) is 5.32 Å². The van der Waals surface area contributed by atoms with Crippen molar-refractivity contribution in [1.29, 1.82) is 0 Å². The molecule has 8 nitrogen and oxygen atoms in total. The van der Waals surface area contributed by atoms with Gasteiger partial charge in [0.05, 0.1) is 44.1 Å². The van der Waals surface area contributed by atoms with Gasteiger partial charge in [-0.15, -0.1) is 11.3 Å². The highest BCUT2D eigenvalue weighted by molar-refractivity contribution is 7.17. The number of carbonyl (C=O) groups excluding carboxylic acids is 2. The van der Waals surface area contributed by atoms with Crippen molar-refractivity contribution < 1.29 is 24.0 Å². The standard InChI is InChI=1S/C17H26N4O4S/c1-17(2)9-11-12(10-25-17)26-15(13(11)14(18)22)20-16(23)19-3-4-21-5-7-24-8-6-21/h3-10H2,1-2H3,(H2,18,22)(H2,19,20,23)/p+1. The first-order valence-electron chi connectivity index (χ1n) is 8.90. The van der Waals surface area contributed by atoms with Crippen LogP contribution in [0.3, 0.4) is 0 Å². The second kappa shape index (κ2) is 7.91. The fraction of sp³-hybridized carbons (Fsp3) is 0.647. The molecule has 3 amide bonds. The van der Waals surface area contributed by atoms with Crippen molar-refractivity contribution in [2.75, 3.05) is 44.7 Å². The Bertz CT molecular complexity index is 683. The molecule has 1 saturated heterocycles. The number of quaternary nitrogens is 1. The van der Waals surface area contributed by atoms with Crippen LogP contribution in [0.4, 0.5) is 9.80 Å². The van der Waals surface area contributed by atoms with Gasteiger partial charge < -0.3 is 25.4 Å². The van der Waals surface area contributed by atoms with Gasteiger partial charge in [0.25, 0.3) is 5.91 Å². The van der Waals surface area contributed by atoms with Crippen molar-refractivity contribution in [3.05, 3.63) is 16.0 Å². The lowest BCUT2D eigenvalue weighted by Gasteiger charge is -2.30. The summed E-state index contributed by atoms with van der Waals surface area (Å²) in [5.41, 5.74) is 6.54. The van der Waals surface area contributed by atoms with Crippen molar-refractivity contribution in [3.8, 4) is 0 Å². The number of amides is 3. The fourth-order valence-electron chi connectivity index (χ4n) is 3.31. The van der Waals surface area contributed by atoms with E-state index in [0.29, 0.717) is 30.1 Å². The lowest BCUT2D eigenvalue weighted by molar-refractivity contribution is -0.906. The molecule has 0 aromatic carbocycles. The second-order valence-electron chi connectivity index (χ2n) is 7.29. The maximum absolute atomic E-state index is 12.2. The molecular formula is C17H27N4O4S+. The van der Waals surface area contributed by atoms with Gasteiger partial charge in [-0.25, -0.2) is 4.79 Å². The molecule has 2 aliphatic rings. The Morgan fingerprint density at radius 2 is 2.04 bits per heavy atom. The van der Waals surface area contributed by atoms with E-state index < -0.39 is 5.91 Å². The van der Waals surface area contributed by atoms with Crippen molar-refractivity contribution in [3.63, 3.8) is 0 Å². The van der Waals surface area contributed by atoms with E-state index in [1.807, 2.05) is 13.8 Å². The third-order valence-corrected chi connectivity index (χ3v) is 5.85. The molecule has 3 rings (SSSR count). The first-order chi connectivity index (χ1) is 12.4. The second-order valence-corrected chi connectivity index (χ2v) is 8.40. The third kappa shape index (κ3) is 4.53. The minimum Gasteiger partial charge on any atom is -0.370 e. The SMILES string of the molecule is CC1(C)Cc2c(sc(NC(=O)NCC[NH+]3CCOCC3)c2C(N)=O)CO1. The zero-order valence-corrected chi connectivity index (χ0v) is 16.1. The van der Waals surface area contributed by atoms with E-state index in [-0.39, 0.29) is 11.6 Å². The van der Waals surface area contributed by atoms with E-state index >= 15 is 0 Å². The topological polar surface area (TPSA) is 107 Å². The van der Waals surface area contributed by atoms with Crippen LogP contribution >= 0.6 is 11.3 Å². The van der Waals surface area contributed by atoms with Gasteiger partial charge in [0.2, 0.25) is 0 Å². The zero-order chi connectivity index (χ0) is 18.7. The molecule has 1 aromatic rings. The van der Waals surface area contributed by atoms with E-state index in [9.17, 15) is 9.59 Å². The minimum absolute atomic E-state index is 0.320. The summed E-state index contributed by atoms with van der Waals surface area (Å²) in [5, 5.41) is 6.15. The number of morpholine rings is 1. The summed E-state index contributed by atoms with van der Waals surface area (Å²) in [6.07, 6.45) is 0.598. The molecule has 1 aromatic heterocycles. The van der Waals surface area contributed by atoms with Gasteiger partial charge in [-0.2, -0.15) is 0 Å². The van der Waals surface area contributed by atoms with Crippen LogP contribution in [0.2, 0.25) is 0 Å². The molecule has 0 spiro atoms. The quantitative estimate of drug-likeness (QED) is 0.562. The first kappa shape index (κ1) is 19.1. The van der Waals surface area contributed by atoms with Crippen LogP contribution in [-0.4, -0.2) is 56.9 Å². The maximum Gasteiger partial charge on any atom is 0.320 e. The molecule has 2 aliphatic heterocycles. The van der Waals surface area contributed by atoms with Crippen LogP contribution in [0, 0.1) is 0 Å². The molecule has 144 valence electrons. The molecule has 1 fully saturated rings. The maximum atomic E-state index is 12.2. The summed E-state index contributed by atoms with van der Waals surface area (Å²) in [5.74, 6) is -0.520. The smallest absolute Gasteiger partial charge is 0.320 e. The number of thiophene rings is 1. The summed E-state index contributed by atoms with van der Waals surface area (Å²) in [7, 11) is 0. The van der Waals surface area contributed by atoms with Crippen LogP contribution in [0.1, 0.15) is 34.6 Å². The molecule has 0 unspecified atom stereocenters. The Hall–Kier alpha value is -1.68. The lowest BCUT2D eigenvalue weighted by Crippen LogP contribution is -3.14. The van der Waals surface area contributed by atoms with E-state index in [4.69, 9.17) is 15.2 Å². The number of urea groups is 1. The number of nitrogens with one attached hydrogen (secondary N) is 3. The molecule has 5 N–H and O–H groups in total. The highest BCUT2D eigenvalue weighted by Gasteiger charge is 2.33. The van der Waals surface area contributed by atoms with E-state index in [2.05, 4.69) is 10.6 Å². The fourth-order valence-corrected chi connectivity index (χ4v) is 4.44. The minimum atomic E-state index is -0.520. The monoisotopic (exact) mass is 383 g/mol. The molecule has 0 bridgehead atoms. The molecule has 0 radical (unpaired) electrons. The number of fused-ring (bicyclic) bond motifs is 1. The van der Waals surface area contributed by atoms with E-state index in [1.54, 1.807) is 0 Å². The van der Waals surface area contributed by atoms with Crippen LogP contribution in [0.15, 0.2) is 0 Å². The van der Waals surface area contributed by atoms with Gasteiger partial charge in [-0.05, 0) is 19.4 Å². The Kier molecular flexibility index (Phi) is 5.81. The van der Waals surface area contributed by atoms with Crippen LogP contribution in [0.25, 0.3) is 0 Å². The molecule has 0 atom stereocenters. The highest BCUT2D eigenvalue weighted by Crippen LogP contribution is 2.40. The van der Waals surface area contributed by atoms with Gasteiger partial charge in [0.15, 0.2) is 0 Å². The molecule has 0 aliphatic carbocycles. The number of hydrogen-bond acceptors (Lipinski definition) is 5. The average Bonchev–Trinajstić information content (AvgIpc) is 2.91. The predicted molar refractivity (Wildman–Crippen MR) is 98.8 cm³/mol. The molecular weight excluding hydrogens is 356 g/mol. The first-order valence-corrected chi connectivity index (χ1v) is 9.72. The van der Waals surface area contributed by atoms with Gasteiger partial charge >= 0.3 is 6.03 Å². The van der Waals surface area contributed by atoms with Gasteiger partial charge in [0.1, 0.15) is 18.1 Å². The van der Waals surface area contributed by atoms with Gasteiger partial charge in [-0.3, -0.25) is 10.1 Å². The van der Waals surface area contributed by atoms with E-state index in [0.717, 1.165) is 43.3 Å². The number of rotatable bonds is 5. The lowest BCUT2D eigenvalue weighted by atomic mass is 9.93. The molecule has 26 heavy (non-hydrogen) atoms. The van der Waals surface area contributed by atoms with Crippen LogP contribution in [0.5, 0.6) is 0 Å². The molecule has 0 saturated carbocycles. The zero-order valence-electron chi connectivity index (χ0n) is 15.3. The summed E-state index contributed by atoms with van der Waals surface area (Å²) in [6, 6.07) is -0.320. The number of anilines is 1. The largest absolute Gasteiger partial charge is 0.370 e. The Balaban J connectivity index is 1.61. The van der Waals surface area contributed by atoms with Crippen LogP contribution in [-0.2, 0) is 22.5 Å². The van der Waals surface area contributed by atoms with Crippen LogP contribution < -0.4 is 21.3 Å². The summed E-state index contributed by atoms with van der Waals surface area (Å²) >= 11 is 1.36. The summed E-state index contributed by atoms with van der Waals surface area (Å²) in [4.78, 5) is 26.6. The van der Waals surface area contributed by atoms with Crippen molar-refractivity contribution in [2.24, 2.45) is 5.73 Å². The predicted octanol–water partition coefficient (Wildman–Crippen LogP) is -0.265. The Morgan fingerprint density at radius 3 is 2.73 bits per heavy atom. The van der Waals surface area contributed by atoms with Crippen molar-refractivity contribution in [2.45, 2.75) is 32.5 Å². The van der Waals surface area contributed by atoms with Crippen molar-refractivity contribution >= 4 is 28.3 Å². The Morgan fingerprint density at radius 1 is 1.31 bits per heavy atom. The van der Waals surface area contributed by atoms with Gasteiger partial charge in [0, 0.05) is 11.3 Å². The normalized spacial score (nSPS) is 19.6. The summed E-state index contributed by atoms with van der Waals surface area (Å²) < 4.78 is 11.1. The summed E-state index contributed by atoms with van der Waals surface area (Å²) in [6.45, 7) is 9.25. The molecule has 9 heteroatoms. The third-order valence-electron chi connectivity index (χ3n) is 4.72. The number of hydrogen-bond donors (Lipinski definition) is 4. The number of ether oxygens (including phenoxy) is 2. The average molecular weight is 383 g/mol. The number of nitrogens with two attached hydrogens (primary N) is 1. The van der Waals surface area contributed by atoms with Gasteiger partial charge in [-0.1, -0.05) is 0 Å². The Labute approximate surface area is 157 Å². The number of carbonyl (C=O) groups is 2. The highest BCUT2D eigenvalue weighted by atomic mass is 32.1. The number of primary amides is 1. The van der Waals surface area contributed by atoms with E-state index in [1.165, 1.54) is 16.2 Å². The molecule has 3 heterocycles.